The van der Waals surface area contributed by atoms with Gasteiger partial charge in [0.25, 0.3) is 0 Å². The van der Waals surface area contributed by atoms with Gasteiger partial charge in [0, 0.05) is 30.6 Å². The van der Waals surface area contributed by atoms with Crippen molar-refractivity contribution in [1.29, 1.82) is 0 Å². The van der Waals surface area contributed by atoms with E-state index in [1.165, 1.54) is 5.56 Å². The Balaban J connectivity index is 1.49. The Bertz CT molecular complexity index is 1210. The maximum absolute atomic E-state index is 12.9. The van der Waals surface area contributed by atoms with E-state index in [-0.39, 0.29) is 17.8 Å². The quantitative estimate of drug-likeness (QED) is 0.508. The van der Waals surface area contributed by atoms with E-state index in [2.05, 4.69) is 38.1 Å². The number of fused-ring (bicyclic) bond motifs is 1. The van der Waals surface area contributed by atoms with Gasteiger partial charge in [0.2, 0.25) is 5.91 Å². The highest BCUT2D eigenvalue weighted by atomic mass is 16.5. The summed E-state index contributed by atoms with van der Waals surface area (Å²) in [5, 5.41) is 5.84. The molecule has 0 saturated carbocycles. The molecule has 0 atom stereocenters. The molecule has 0 spiro atoms. The van der Waals surface area contributed by atoms with E-state index in [0.717, 1.165) is 39.2 Å². The van der Waals surface area contributed by atoms with Crippen LogP contribution in [0.5, 0.6) is 0 Å². The fourth-order valence-corrected chi connectivity index (χ4v) is 4.96. The van der Waals surface area contributed by atoms with E-state index in [0.29, 0.717) is 45.4 Å². The first-order valence-corrected chi connectivity index (χ1v) is 12.2. The Hall–Kier alpha value is -3.22. The van der Waals surface area contributed by atoms with Crippen molar-refractivity contribution in [3.05, 3.63) is 52.3 Å². The average molecular weight is 463 g/mol. The van der Waals surface area contributed by atoms with Crippen LogP contribution in [0.1, 0.15) is 54.3 Å². The number of aryl methyl sites for hydroxylation is 4. The first kappa shape index (κ1) is 23.9. The highest BCUT2D eigenvalue weighted by Gasteiger charge is 2.28. The standard InChI is InChI=1S/C27H34N4O3/c1-6-34-27(33)21-13-15-30(16-14-21)24(32)12-11-23-18(3)25-20(5)29-31(26(25)28-19(23)4)22-9-7-17(2)8-10-22/h7-10,21H,6,11-16H2,1-5H3. The van der Waals surface area contributed by atoms with Gasteiger partial charge in [-0.3, -0.25) is 9.59 Å². The van der Waals surface area contributed by atoms with Gasteiger partial charge in [0.05, 0.1) is 23.9 Å². The number of benzene rings is 1. The molecule has 0 aliphatic carbocycles. The Labute approximate surface area is 201 Å². The molecule has 0 bridgehead atoms. The molecule has 1 saturated heterocycles. The highest BCUT2D eigenvalue weighted by molar-refractivity contribution is 5.85. The molecular formula is C27H34N4O3. The zero-order valence-electron chi connectivity index (χ0n) is 20.9. The molecule has 3 heterocycles. The van der Waals surface area contributed by atoms with E-state index in [9.17, 15) is 9.59 Å². The van der Waals surface area contributed by atoms with Gasteiger partial charge in [-0.1, -0.05) is 17.7 Å². The first-order valence-electron chi connectivity index (χ1n) is 12.2. The number of amides is 1. The zero-order valence-corrected chi connectivity index (χ0v) is 20.9. The summed E-state index contributed by atoms with van der Waals surface area (Å²) in [7, 11) is 0. The number of ether oxygens (including phenoxy) is 1. The number of rotatable bonds is 6. The number of nitrogens with zero attached hydrogens (tertiary/aromatic N) is 4. The number of pyridine rings is 1. The summed E-state index contributed by atoms with van der Waals surface area (Å²) in [5.41, 5.74) is 7.19. The molecule has 0 unspecified atom stereocenters. The van der Waals surface area contributed by atoms with Gasteiger partial charge in [-0.05, 0) is 77.1 Å². The Kier molecular flexibility index (Phi) is 7.00. The van der Waals surface area contributed by atoms with Gasteiger partial charge in [0.1, 0.15) is 0 Å². The van der Waals surface area contributed by atoms with Crippen LogP contribution < -0.4 is 0 Å². The van der Waals surface area contributed by atoms with Crippen molar-refractivity contribution in [2.75, 3.05) is 19.7 Å². The van der Waals surface area contributed by atoms with Gasteiger partial charge in [-0.2, -0.15) is 5.10 Å². The lowest BCUT2D eigenvalue weighted by Gasteiger charge is -2.31. The van der Waals surface area contributed by atoms with Crippen LogP contribution in [0.3, 0.4) is 0 Å². The van der Waals surface area contributed by atoms with Gasteiger partial charge in [0.15, 0.2) is 5.65 Å². The van der Waals surface area contributed by atoms with Crippen LogP contribution in [0.15, 0.2) is 24.3 Å². The third-order valence-electron chi connectivity index (χ3n) is 6.91. The van der Waals surface area contributed by atoms with Crippen molar-refractivity contribution < 1.29 is 14.3 Å². The summed E-state index contributed by atoms with van der Waals surface area (Å²) < 4.78 is 7.04. The van der Waals surface area contributed by atoms with Crippen LogP contribution in [0.2, 0.25) is 0 Å². The molecule has 4 rings (SSSR count). The van der Waals surface area contributed by atoms with E-state index in [1.807, 2.05) is 30.4 Å². The summed E-state index contributed by atoms with van der Waals surface area (Å²) in [6.07, 6.45) is 2.43. The molecule has 2 aromatic heterocycles. The topological polar surface area (TPSA) is 77.3 Å². The maximum Gasteiger partial charge on any atom is 0.309 e. The van der Waals surface area contributed by atoms with Crippen molar-refractivity contribution in [3.8, 4) is 5.69 Å². The van der Waals surface area contributed by atoms with Crippen LogP contribution in [0, 0.1) is 33.6 Å². The fraction of sp³-hybridized carbons (Fsp3) is 0.481. The van der Waals surface area contributed by atoms with Crippen LogP contribution in [0.4, 0.5) is 0 Å². The number of hydrogen-bond acceptors (Lipinski definition) is 5. The molecule has 0 radical (unpaired) electrons. The van der Waals surface area contributed by atoms with Crippen molar-refractivity contribution >= 4 is 22.9 Å². The Morgan fingerprint density at radius 3 is 2.35 bits per heavy atom. The van der Waals surface area contributed by atoms with Crippen molar-refractivity contribution in [1.82, 2.24) is 19.7 Å². The molecular weight excluding hydrogens is 428 g/mol. The predicted octanol–water partition coefficient (Wildman–Crippen LogP) is 4.39. The number of esters is 1. The number of carbonyl (C=O) groups is 2. The summed E-state index contributed by atoms with van der Waals surface area (Å²) in [6.45, 7) is 11.6. The molecule has 1 amide bonds. The molecule has 1 aliphatic heterocycles. The van der Waals surface area contributed by atoms with Crippen molar-refractivity contribution in [2.45, 2.75) is 60.3 Å². The highest BCUT2D eigenvalue weighted by Crippen LogP contribution is 2.29. The largest absolute Gasteiger partial charge is 0.466 e. The fourth-order valence-electron chi connectivity index (χ4n) is 4.96. The Morgan fingerprint density at radius 1 is 1.03 bits per heavy atom. The molecule has 34 heavy (non-hydrogen) atoms. The van der Waals surface area contributed by atoms with E-state index in [1.54, 1.807) is 0 Å². The minimum Gasteiger partial charge on any atom is -0.466 e. The number of hydrogen-bond donors (Lipinski definition) is 0. The van der Waals surface area contributed by atoms with E-state index >= 15 is 0 Å². The summed E-state index contributed by atoms with van der Waals surface area (Å²) in [5.74, 6) is -0.0943. The van der Waals surface area contributed by atoms with Crippen molar-refractivity contribution in [3.63, 3.8) is 0 Å². The summed E-state index contributed by atoms with van der Waals surface area (Å²) in [6, 6.07) is 8.28. The molecule has 0 N–H and O–H groups in total. The molecule has 1 aromatic carbocycles. The first-order chi connectivity index (χ1) is 16.3. The minimum absolute atomic E-state index is 0.0897. The van der Waals surface area contributed by atoms with Crippen LogP contribution in [-0.4, -0.2) is 51.2 Å². The van der Waals surface area contributed by atoms with Gasteiger partial charge in [-0.25, -0.2) is 9.67 Å². The van der Waals surface area contributed by atoms with Gasteiger partial charge >= 0.3 is 5.97 Å². The lowest BCUT2D eigenvalue weighted by Crippen LogP contribution is -2.40. The smallest absolute Gasteiger partial charge is 0.309 e. The van der Waals surface area contributed by atoms with Crippen LogP contribution in [-0.2, 0) is 20.7 Å². The molecule has 7 heteroatoms. The number of likely N-dealkylation sites (tertiary alicyclic amines) is 1. The second-order valence-corrected chi connectivity index (χ2v) is 9.24. The minimum atomic E-state index is -0.137. The second-order valence-electron chi connectivity index (χ2n) is 9.24. The second kappa shape index (κ2) is 9.95. The third kappa shape index (κ3) is 4.69. The normalized spacial score (nSPS) is 14.6. The summed E-state index contributed by atoms with van der Waals surface area (Å²) in [4.78, 5) is 31.7. The van der Waals surface area contributed by atoms with Crippen LogP contribution >= 0.6 is 0 Å². The predicted molar refractivity (Wildman–Crippen MR) is 132 cm³/mol. The average Bonchev–Trinajstić information content (AvgIpc) is 3.15. The van der Waals surface area contributed by atoms with E-state index < -0.39 is 0 Å². The van der Waals surface area contributed by atoms with E-state index in [4.69, 9.17) is 14.8 Å². The maximum atomic E-state index is 12.9. The SMILES string of the molecule is CCOC(=O)C1CCN(C(=O)CCc2c(C)nc3c(c(C)nn3-c3ccc(C)cc3)c2C)CC1. The monoisotopic (exact) mass is 462 g/mol. The molecule has 7 nitrogen and oxygen atoms in total. The lowest BCUT2D eigenvalue weighted by atomic mass is 9.96. The zero-order chi connectivity index (χ0) is 24.4. The molecule has 3 aromatic rings. The van der Waals surface area contributed by atoms with Crippen LogP contribution in [0.25, 0.3) is 16.7 Å². The number of aromatic nitrogens is 3. The number of piperidine rings is 1. The Morgan fingerprint density at radius 2 is 1.71 bits per heavy atom. The van der Waals surface area contributed by atoms with Crippen molar-refractivity contribution in [2.24, 2.45) is 5.92 Å². The molecule has 180 valence electrons. The van der Waals surface area contributed by atoms with Gasteiger partial charge in [-0.15, -0.1) is 0 Å². The number of carbonyl (C=O) groups excluding carboxylic acids is 2. The third-order valence-corrected chi connectivity index (χ3v) is 6.91. The molecule has 1 aliphatic rings. The summed E-state index contributed by atoms with van der Waals surface area (Å²) >= 11 is 0. The molecule has 1 fully saturated rings. The van der Waals surface area contributed by atoms with Gasteiger partial charge < -0.3 is 9.64 Å². The lowest BCUT2D eigenvalue weighted by molar-refractivity contribution is -0.151.